The molecule has 0 fully saturated rings. The van der Waals surface area contributed by atoms with Crippen molar-refractivity contribution in [2.75, 3.05) is 23.4 Å². The van der Waals surface area contributed by atoms with E-state index in [1.165, 1.54) is 0 Å². The lowest BCUT2D eigenvalue weighted by Gasteiger charge is -2.34. The molecule has 0 aromatic heterocycles. The average molecular weight is 359 g/mol. The Morgan fingerprint density at radius 1 is 1.09 bits per heavy atom. The molecular weight excluding hydrogens is 344 g/mol. The Morgan fingerprint density at radius 3 is 2.41 bits per heavy atom. The third-order valence-electron chi connectivity index (χ3n) is 3.77. The van der Waals surface area contributed by atoms with Crippen LogP contribution < -0.4 is 9.80 Å². The molecule has 0 bridgehead atoms. The summed E-state index contributed by atoms with van der Waals surface area (Å²) in [5, 5.41) is 0. The largest absolute Gasteiger partial charge is 0.312 e. The molecule has 2 aromatic rings. The van der Waals surface area contributed by atoms with Gasteiger partial charge in [-0.25, -0.2) is 0 Å². The molecule has 0 unspecified atom stereocenters. The van der Waals surface area contributed by atoms with Crippen LogP contribution in [0.15, 0.2) is 53.0 Å². The van der Waals surface area contributed by atoms with Crippen molar-refractivity contribution in [3.63, 3.8) is 0 Å². The summed E-state index contributed by atoms with van der Waals surface area (Å²) in [5.74, 6) is -0.154. The van der Waals surface area contributed by atoms with Gasteiger partial charge in [0.05, 0.1) is 17.8 Å². The molecule has 0 saturated heterocycles. The Kier molecular flexibility index (Phi) is 3.98. The monoisotopic (exact) mass is 358 g/mol. The van der Waals surface area contributed by atoms with Gasteiger partial charge in [0.15, 0.2) is 0 Å². The van der Waals surface area contributed by atoms with E-state index in [9.17, 15) is 9.59 Å². The minimum atomic E-state index is -0.0807. The SMILES string of the molecule is CN1C(=O)CN(C(=O)Cc2ccc(Br)cc2)c2ccccc21. The molecule has 2 amide bonds. The summed E-state index contributed by atoms with van der Waals surface area (Å²) in [7, 11) is 1.73. The number of hydrogen-bond donors (Lipinski definition) is 0. The maximum absolute atomic E-state index is 12.6. The van der Waals surface area contributed by atoms with Crippen molar-refractivity contribution in [1.82, 2.24) is 0 Å². The smallest absolute Gasteiger partial charge is 0.246 e. The number of rotatable bonds is 2. The molecule has 22 heavy (non-hydrogen) atoms. The standard InChI is InChI=1S/C17H15BrN2O2/c1-19-14-4-2-3-5-15(14)20(11-17(19)22)16(21)10-12-6-8-13(18)9-7-12/h2-9H,10-11H2,1H3. The lowest BCUT2D eigenvalue weighted by atomic mass is 10.1. The van der Waals surface area contributed by atoms with Crippen LogP contribution in [-0.2, 0) is 16.0 Å². The van der Waals surface area contributed by atoms with Crippen LogP contribution in [0.4, 0.5) is 11.4 Å². The number of nitrogens with zero attached hydrogens (tertiary/aromatic N) is 2. The zero-order valence-corrected chi connectivity index (χ0v) is 13.7. The highest BCUT2D eigenvalue weighted by atomic mass is 79.9. The van der Waals surface area contributed by atoms with Crippen molar-refractivity contribution in [1.29, 1.82) is 0 Å². The zero-order valence-electron chi connectivity index (χ0n) is 12.1. The van der Waals surface area contributed by atoms with Gasteiger partial charge < -0.3 is 9.80 Å². The third kappa shape index (κ3) is 2.76. The number of anilines is 2. The van der Waals surface area contributed by atoms with Crippen molar-refractivity contribution in [2.24, 2.45) is 0 Å². The number of fused-ring (bicyclic) bond motifs is 1. The molecule has 5 heteroatoms. The Morgan fingerprint density at radius 2 is 1.73 bits per heavy atom. The predicted octanol–water partition coefficient (Wildman–Crippen LogP) is 3.00. The summed E-state index contributed by atoms with van der Waals surface area (Å²) >= 11 is 3.38. The molecule has 3 rings (SSSR count). The molecule has 0 saturated carbocycles. The quantitative estimate of drug-likeness (QED) is 0.827. The highest BCUT2D eigenvalue weighted by Crippen LogP contribution is 2.32. The van der Waals surface area contributed by atoms with Crippen LogP contribution in [0, 0.1) is 0 Å². The number of benzene rings is 2. The summed E-state index contributed by atoms with van der Waals surface area (Å²) in [6.07, 6.45) is 0.276. The molecule has 4 nitrogen and oxygen atoms in total. The van der Waals surface area contributed by atoms with Crippen LogP contribution in [0.25, 0.3) is 0 Å². The maximum atomic E-state index is 12.6. The lowest BCUT2D eigenvalue weighted by molar-refractivity contribution is -0.122. The predicted molar refractivity (Wildman–Crippen MR) is 90.1 cm³/mol. The van der Waals surface area contributed by atoms with Crippen LogP contribution in [0.5, 0.6) is 0 Å². The number of carbonyl (C=O) groups excluding carboxylic acids is 2. The van der Waals surface area contributed by atoms with Crippen molar-refractivity contribution in [3.05, 3.63) is 58.6 Å². The molecule has 2 aromatic carbocycles. The fourth-order valence-corrected chi connectivity index (χ4v) is 2.80. The summed E-state index contributed by atoms with van der Waals surface area (Å²) in [4.78, 5) is 27.9. The fraction of sp³-hybridized carbons (Fsp3) is 0.176. The van der Waals surface area contributed by atoms with Gasteiger partial charge in [0.1, 0.15) is 6.54 Å². The van der Waals surface area contributed by atoms with E-state index < -0.39 is 0 Å². The van der Waals surface area contributed by atoms with E-state index in [2.05, 4.69) is 15.9 Å². The number of carbonyl (C=O) groups is 2. The lowest BCUT2D eigenvalue weighted by Crippen LogP contribution is -2.47. The number of amides is 2. The van der Waals surface area contributed by atoms with Gasteiger partial charge >= 0.3 is 0 Å². The molecule has 0 radical (unpaired) electrons. The van der Waals surface area contributed by atoms with Gasteiger partial charge in [-0.2, -0.15) is 0 Å². The average Bonchev–Trinajstić information content (AvgIpc) is 2.53. The normalized spacial score (nSPS) is 14.0. The molecule has 0 N–H and O–H groups in total. The topological polar surface area (TPSA) is 40.6 Å². The van der Waals surface area contributed by atoms with Crippen molar-refractivity contribution < 1.29 is 9.59 Å². The fourth-order valence-electron chi connectivity index (χ4n) is 2.53. The molecule has 1 aliphatic heterocycles. The molecular formula is C17H15BrN2O2. The van der Waals surface area contributed by atoms with Crippen LogP contribution in [0.3, 0.4) is 0 Å². The maximum Gasteiger partial charge on any atom is 0.246 e. The second kappa shape index (κ2) is 5.93. The van der Waals surface area contributed by atoms with Gasteiger partial charge in [-0.05, 0) is 29.8 Å². The second-order valence-corrected chi connectivity index (χ2v) is 6.14. The van der Waals surface area contributed by atoms with Crippen molar-refractivity contribution >= 4 is 39.1 Å². The molecule has 0 atom stereocenters. The number of halogens is 1. The van der Waals surface area contributed by atoms with E-state index in [-0.39, 0.29) is 24.8 Å². The molecule has 112 valence electrons. The number of para-hydroxylation sites is 2. The van der Waals surface area contributed by atoms with Crippen molar-refractivity contribution in [2.45, 2.75) is 6.42 Å². The van der Waals surface area contributed by atoms with Gasteiger partial charge in [0.25, 0.3) is 0 Å². The van der Waals surface area contributed by atoms with Crippen LogP contribution >= 0.6 is 15.9 Å². The summed E-state index contributed by atoms with van der Waals surface area (Å²) in [5.41, 5.74) is 2.48. The Labute approximate surface area is 137 Å². The first-order valence-electron chi connectivity index (χ1n) is 6.96. The van der Waals surface area contributed by atoms with E-state index in [1.54, 1.807) is 16.8 Å². The van der Waals surface area contributed by atoms with Crippen LogP contribution in [-0.4, -0.2) is 25.4 Å². The highest BCUT2D eigenvalue weighted by molar-refractivity contribution is 9.10. The number of likely N-dealkylation sites (N-methyl/N-ethyl adjacent to an activating group) is 1. The molecule has 1 aliphatic rings. The van der Waals surface area contributed by atoms with Crippen molar-refractivity contribution in [3.8, 4) is 0 Å². The van der Waals surface area contributed by atoms with Gasteiger partial charge in [0.2, 0.25) is 11.8 Å². The first kappa shape index (κ1) is 14.8. The van der Waals surface area contributed by atoms with Gasteiger partial charge in [-0.1, -0.05) is 40.2 Å². The van der Waals surface area contributed by atoms with Crippen LogP contribution in [0.2, 0.25) is 0 Å². The summed E-state index contributed by atoms with van der Waals surface area (Å²) < 4.78 is 0.976. The highest BCUT2D eigenvalue weighted by Gasteiger charge is 2.30. The van der Waals surface area contributed by atoms with Gasteiger partial charge in [0, 0.05) is 11.5 Å². The Hall–Kier alpha value is -2.14. The Bertz CT molecular complexity index is 728. The van der Waals surface area contributed by atoms with E-state index in [0.29, 0.717) is 0 Å². The minimum absolute atomic E-state index is 0.0729. The minimum Gasteiger partial charge on any atom is -0.312 e. The first-order valence-corrected chi connectivity index (χ1v) is 7.76. The van der Waals surface area contributed by atoms with E-state index >= 15 is 0 Å². The third-order valence-corrected chi connectivity index (χ3v) is 4.30. The van der Waals surface area contributed by atoms with Gasteiger partial charge in [-0.3, -0.25) is 9.59 Å². The van der Waals surface area contributed by atoms with E-state index in [0.717, 1.165) is 21.4 Å². The first-order chi connectivity index (χ1) is 10.6. The number of hydrogen-bond acceptors (Lipinski definition) is 2. The van der Waals surface area contributed by atoms with Gasteiger partial charge in [-0.15, -0.1) is 0 Å². The van der Waals surface area contributed by atoms with Crippen LogP contribution in [0.1, 0.15) is 5.56 Å². The summed E-state index contributed by atoms with van der Waals surface area (Å²) in [6.45, 7) is 0.0862. The van der Waals surface area contributed by atoms with E-state index in [1.807, 2.05) is 48.5 Å². The zero-order chi connectivity index (χ0) is 15.7. The molecule has 1 heterocycles. The molecule has 0 spiro atoms. The molecule has 0 aliphatic carbocycles. The Balaban J connectivity index is 1.88. The second-order valence-electron chi connectivity index (χ2n) is 5.22. The summed E-state index contributed by atoms with van der Waals surface area (Å²) in [6, 6.07) is 15.1. The van der Waals surface area contributed by atoms with E-state index in [4.69, 9.17) is 0 Å².